The molecule has 0 atom stereocenters. The number of nitrogen functional groups attached to an aromatic ring is 1. The minimum absolute atomic E-state index is 0.0515. The molecule has 0 saturated heterocycles. The van der Waals surface area contributed by atoms with Crippen LogP contribution in [0.15, 0.2) is 36.4 Å². The number of anilines is 1. The van der Waals surface area contributed by atoms with E-state index in [-0.39, 0.29) is 16.8 Å². The van der Waals surface area contributed by atoms with Crippen molar-refractivity contribution in [1.82, 2.24) is 0 Å². The summed E-state index contributed by atoms with van der Waals surface area (Å²) in [6.07, 6.45) is 0. The lowest BCUT2D eigenvalue weighted by atomic mass is 10.0. The Morgan fingerprint density at radius 3 is 2.22 bits per heavy atom. The number of rotatable bonds is 2. The number of carbonyl (C=O) groups excluding carboxylic acids is 1. The third-order valence-electron chi connectivity index (χ3n) is 2.44. The molecule has 0 aliphatic rings. The highest BCUT2D eigenvalue weighted by atomic mass is 35.5. The molecule has 0 aromatic heterocycles. The third-order valence-corrected chi connectivity index (χ3v) is 2.78. The van der Waals surface area contributed by atoms with Gasteiger partial charge in [-0.15, -0.1) is 0 Å². The monoisotopic (exact) mass is 267 g/mol. The van der Waals surface area contributed by atoms with Gasteiger partial charge < -0.3 is 5.73 Å². The predicted octanol–water partition coefficient (Wildman–Crippen LogP) is 3.43. The molecule has 0 aliphatic carbocycles. The van der Waals surface area contributed by atoms with Gasteiger partial charge in [-0.05, 0) is 36.4 Å². The Kier molecular flexibility index (Phi) is 3.30. The Morgan fingerprint density at radius 2 is 1.61 bits per heavy atom. The predicted molar refractivity (Wildman–Crippen MR) is 65.7 cm³/mol. The van der Waals surface area contributed by atoms with Crippen LogP contribution in [0, 0.1) is 11.6 Å². The minimum Gasteiger partial charge on any atom is -0.398 e. The third kappa shape index (κ3) is 2.33. The van der Waals surface area contributed by atoms with Crippen LogP contribution in [0.2, 0.25) is 5.02 Å². The van der Waals surface area contributed by atoms with Gasteiger partial charge >= 0.3 is 0 Å². The molecule has 0 aliphatic heterocycles. The normalized spacial score (nSPS) is 10.4. The average molecular weight is 268 g/mol. The largest absolute Gasteiger partial charge is 0.398 e. The Hall–Kier alpha value is -1.94. The Morgan fingerprint density at radius 1 is 1.00 bits per heavy atom. The summed E-state index contributed by atoms with van der Waals surface area (Å²) in [5.41, 5.74) is 6.15. The molecule has 2 rings (SSSR count). The van der Waals surface area contributed by atoms with Crippen molar-refractivity contribution in [2.75, 3.05) is 5.73 Å². The van der Waals surface area contributed by atoms with E-state index in [2.05, 4.69) is 0 Å². The van der Waals surface area contributed by atoms with Crippen LogP contribution in [-0.4, -0.2) is 5.78 Å². The molecule has 92 valence electrons. The average Bonchev–Trinajstić information content (AvgIpc) is 2.35. The number of nitrogens with two attached hydrogens (primary N) is 1. The van der Waals surface area contributed by atoms with E-state index in [1.54, 1.807) is 0 Å². The number of carbonyl (C=O) groups is 1. The first-order valence-electron chi connectivity index (χ1n) is 5.04. The van der Waals surface area contributed by atoms with Gasteiger partial charge in [-0.3, -0.25) is 4.79 Å². The summed E-state index contributed by atoms with van der Waals surface area (Å²) in [4.78, 5) is 12.0. The van der Waals surface area contributed by atoms with Crippen molar-refractivity contribution in [3.63, 3.8) is 0 Å². The van der Waals surface area contributed by atoms with Gasteiger partial charge in [0.25, 0.3) is 0 Å². The van der Waals surface area contributed by atoms with Crippen LogP contribution in [0.4, 0.5) is 14.5 Å². The number of hydrogen-bond donors (Lipinski definition) is 1. The standard InChI is InChI=1S/C13H8ClF2NO/c14-9-3-1-8(6-12(9)17)13(18)7-2-4-10(15)11(16)5-7/h1-6H,17H2. The highest BCUT2D eigenvalue weighted by Gasteiger charge is 2.12. The highest BCUT2D eigenvalue weighted by Crippen LogP contribution is 2.21. The topological polar surface area (TPSA) is 43.1 Å². The van der Waals surface area contributed by atoms with Crippen molar-refractivity contribution >= 4 is 23.1 Å². The molecule has 2 aromatic rings. The van der Waals surface area contributed by atoms with E-state index in [0.717, 1.165) is 12.1 Å². The lowest BCUT2D eigenvalue weighted by molar-refractivity contribution is 0.103. The Bertz CT molecular complexity index is 575. The summed E-state index contributed by atoms with van der Waals surface area (Å²) in [5, 5.41) is 0.330. The molecule has 5 heteroatoms. The lowest BCUT2D eigenvalue weighted by Gasteiger charge is -2.04. The fourth-order valence-electron chi connectivity index (χ4n) is 1.49. The molecule has 0 fully saturated rings. The highest BCUT2D eigenvalue weighted by molar-refractivity contribution is 6.33. The minimum atomic E-state index is -1.07. The summed E-state index contributed by atoms with van der Waals surface area (Å²) < 4.78 is 25.8. The van der Waals surface area contributed by atoms with Crippen LogP contribution in [0.5, 0.6) is 0 Å². The molecular formula is C13H8ClF2NO. The van der Waals surface area contributed by atoms with E-state index in [1.807, 2.05) is 0 Å². The van der Waals surface area contributed by atoms with Gasteiger partial charge in [-0.2, -0.15) is 0 Å². The summed E-state index contributed by atoms with van der Waals surface area (Å²) in [6, 6.07) is 7.31. The quantitative estimate of drug-likeness (QED) is 0.669. The van der Waals surface area contributed by atoms with Crippen molar-refractivity contribution in [3.05, 3.63) is 64.2 Å². The van der Waals surface area contributed by atoms with E-state index in [9.17, 15) is 13.6 Å². The van der Waals surface area contributed by atoms with Crippen LogP contribution in [0.3, 0.4) is 0 Å². The van der Waals surface area contributed by atoms with Crippen LogP contribution in [0.25, 0.3) is 0 Å². The van der Waals surface area contributed by atoms with Crippen LogP contribution >= 0.6 is 11.6 Å². The molecule has 18 heavy (non-hydrogen) atoms. The van der Waals surface area contributed by atoms with Gasteiger partial charge in [-0.25, -0.2) is 8.78 Å². The zero-order valence-electron chi connectivity index (χ0n) is 9.08. The van der Waals surface area contributed by atoms with Crippen LogP contribution < -0.4 is 5.73 Å². The molecule has 0 spiro atoms. The second-order valence-electron chi connectivity index (χ2n) is 3.69. The fourth-order valence-corrected chi connectivity index (χ4v) is 1.61. The maximum atomic E-state index is 13.0. The van der Waals surface area contributed by atoms with Crippen molar-refractivity contribution in [1.29, 1.82) is 0 Å². The van der Waals surface area contributed by atoms with Crippen molar-refractivity contribution in [3.8, 4) is 0 Å². The second kappa shape index (κ2) is 4.74. The number of benzene rings is 2. The molecule has 2 aromatic carbocycles. The smallest absolute Gasteiger partial charge is 0.193 e. The second-order valence-corrected chi connectivity index (χ2v) is 4.10. The summed E-state index contributed by atoms with van der Waals surface area (Å²) >= 11 is 5.73. The first-order valence-corrected chi connectivity index (χ1v) is 5.41. The van der Waals surface area contributed by atoms with Gasteiger partial charge in [0, 0.05) is 11.1 Å². The van der Waals surface area contributed by atoms with Crippen molar-refractivity contribution < 1.29 is 13.6 Å². The van der Waals surface area contributed by atoms with Gasteiger partial charge in [0.2, 0.25) is 0 Å². The summed E-state index contributed by atoms with van der Waals surface area (Å²) in [5.74, 6) is -2.51. The zero-order chi connectivity index (χ0) is 13.3. The van der Waals surface area contributed by atoms with Gasteiger partial charge in [0.1, 0.15) is 0 Å². The molecule has 2 N–H and O–H groups in total. The molecule has 0 amide bonds. The first kappa shape index (κ1) is 12.5. The lowest BCUT2D eigenvalue weighted by Crippen LogP contribution is -2.03. The first-order chi connectivity index (χ1) is 8.49. The van der Waals surface area contributed by atoms with Crippen molar-refractivity contribution in [2.24, 2.45) is 0 Å². The molecule has 0 saturated carbocycles. The Balaban J connectivity index is 2.41. The van der Waals surface area contributed by atoms with Crippen LogP contribution in [0.1, 0.15) is 15.9 Å². The van der Waals surface area contributed by atoms with E-state index in [0.29, 0.717) is 5.02 Å². The fraction of sp³-hybridized carbons (Fsp3) is 0. The Labute approximate surface area is 107 Å². The molecule has 0 unspecified atom stereocenters. The molecule has 0 heterocycles. The van der Waals surface area contributed by atoms with Crippen molar-refractivity contribution in [2.45, 2.75) is 0 Å². The maximum absolute atomic E-state index is 13.0. The van der Waals surface area contributed by atoms with Gasteiger partial charge in [0.05, 0.1) is 10.7 Å². The van der Waals surface area contributed by atoms with Gasteiger partial charge in [0.15, 0.2) is 17.4 Å². The van der Waals surface area contributed by atoms with E-state index < -0.39 is 17.4 Å². The number of hydrogen-bond acceptors (Lipinski definition) is 2. The number of halogens is 3. The van der Waals surface area contributed by atoms with E-state index in [4.69, 9.17) is 17.3 Å². The SMILES string of the molecule is Nc1cc(C(=O)c2ccc(F)c(F)c2)ccc1Cl. The van der Waals surface area contributed by atoms with E-state index in [1.165, 1.54) is 24.3 Å². The molecule has 2 nitrogen and oxygen atoms in total. The zero-order valence-corrected chi connectivity index (χ0v) is 9.84. The van der Waals surface area contributed by atoms with E-state index >= 15 is 0 Å². The summed E-state index contributed by atoms with van der Waals surface area (Å²) in [7, 11) is 0. The van der Waals surface area contributed by atoms with Gasteiger partial charge in [-0.1, -0.05) is 11.6 Å². The van der Waals surface area contributed by atoms with Crippen LogP contribution in [-0.2, 0) is 0 Å². The molecule has 0 radical (unpaired) electrons. The number of ketones is 1. The molecular weight excluding hydrogens is 260 g/mol. The molecule has 0 bridgehead atoms. The summed E-state index contributed by atoms with van der Waals surface area (Å²) in [6.45, 7) is 0. The maximum Gasteiger partial charge on any atom is 0.193 e.